The minimum Gasteiger partial charge on any atom is -0.494 e. The molecule has 0 bridgehead atoms. The lowest BCUT2D eigenvalue weighted by atomic mass is 9.79. The third kappa shape index (κ3) is 3.65. The monoisotopic (exact) mass is 365 g/mol. The number of thiazole rings is 1. The highest BCUT2D eigenvalue weighted by molar-refractivity contribution is 7.14. The quantitative estimate of drug-likeness (QED) is 0.851. The van der Waals surface area contributed by atoms with Crippen molar-refractivity contribution in [2.45, 2.75) is 12.8 Å². The second kappa shape index (κ2) is 7.47. The summed E-state index contributed by atoms with van der Waals surface area (Å²) in [5, 5.41) is 5.09. The highest BCUT2D eigenvalue weighted by Crippen LogP contribution is 2.33. The lowest BCUT2D eigenvalue weighted by molar-refractivity contribution is -0.130. The zero-order valence-electron chi connectivity index (χ0n) is 13.9. The standard InChI is InChI=1S/C17H20FN3O3S/c1-23-14-3-2-11(8-12(14)18)13-9-25-16(20-13)21-15(22)17(10-19)4-6-24-7-5-17/h2-3,8-9H,4-7,10,19H2,1H3,(H,20,21,22). The number of hydrogen-bond donors (Lipinski definition) is 2. The second-order valence-electron chi connectivity index (χ2n) is 5.94. The Morgan fingerprint density at radius 2 is 2.24 bits per heavy atom. The minimum absolute atomic E-state index is 0.139. The van der Waals surface area contributed by atoms with Gasteiger partial charge in [-0.15, -0.1) is 11.3 Å². The normalized spacial score (nSPS) is 16.4. The average Bonchev–Trinajstić information content (AvgIpc) is 3.10. The van der Waals surface area contributed by atoms with Gasteiger partial charge in [-0.25, -0.2) is 9.37 Å². The van der Waals surface area contributed by atoms with Crippen LogP contribution >= 0.6 is 11.3 Å². The number of nitrogens with one attached hydrogen (secondary N) is 1. The summed E-state index contributed by atoms with van der Waals surface area (Å²) in [5.74, 6) is -0.417. The number of benzene rings is 1. The predicted octanol–water partition coefficient (Wildman–Crippen LogP) is 2.65. The summed E-state index contributed by atoms with van der Waals surface area (Å²) in [5.41, 5.74) is 6.44. The summed E-state index contributed by atoms with van der Waals surface area (Å²) in [6, 6.07) is 4.63. The number of halogens is 1. The van der Waals surface area contributed by atoms with Gasteiger partial charge in [0.15, 0.2) is 16.7 Å². The summed E-state index contributed by atoms with van der Waals surface area (Å²) in [7, 11) is 1.41. The molecule has 0 aliphatic carbocycles. The number of nitrogens with zero attached hydrogens (tertiary/aromatic N) is 1. The van der Waals surface area contributed by atoms with Crippen LogP contribution in [0.4, 0.5) is 9.52 Å². The van der Waals surface area contributed by atoms with Gasteiger partial charge in [0.2, 0.25) is 5.91 Å². The molecule has 1 aromatic heterocycles. The first kappa shape index (κ1) is 17.8. The summed E-state index contributed by atoms with van der Waals surface area (Å²) in [6.45, 7) is 1.32. The van der Waals surface area contributed by atoms with Crippen LogP contribution in [0.3, 0.4) is 0 Å². The van der Waals surface area contributed by atoms with E-state index in [-0.39, 0.29) is 18.2 Å². The van der Waals surface area contributed by atoms with E-state index in [4.69, 9.17) is 15.2 Å². The molecule has 0 unspecified atom stereocenters. The molecular formula is C17H20FN3O3S. The van der Waals surface area contributed by atoms with E-state index in [9.17, 15) is 9.18 Å². The molecule has 0 atom stereocenters. The third-order valence-electron chi connectivity index (χ3n) is 4.49. The molecule has 1 aliphatic rings. The van der Waals surface area contributed by atoms with Crippen LogP contribution in [0.15, 0.2) is 23.6 Å². The van der Waals surface area contributed by atoms with Crippen molar-refractivity contribution in [1.82, 2.24) is 4.98 Å². The van der Waals surface area contributed by atoms with Crippen LogP contribution < -0.4 is 15.8 Å². The lowest BCUT2D eigenvalue weighted by Gasteiger charge is -2.34. The number of hydrogen-bond acceptors (Lipinski definition) is 6. The molecule has 1 saturated heterocycles. The SMILES string of the molecule is COc1ccc(-c2csc(NC(=O)C3(CN)CCOCC3)n2)cc1F. The molecule has 0 spiro atoms. The van der Waals surface area contributed by atoms with Gasteiger partial charge in [-0.2, -0.15) is 0 Å². The molecule has 0 saturated carbocycles. The van der Waals surface area contributed by atoms with E-state index >= 15 is 0 Å². The fourth-order valence-corrected chi connectivity index (χ4v) is 3.52. The van der Waals surface area contributed by atoms with Gasteiger partial charge >= 0.3 is 0 Å². The van der Waals surface area contributed by atoms with Gasteiger partial charge in [-0.05, 0) is 31.0 Å². The van der Waals surface area contributed by atoms with E-state index < -0.39 is 11.2 Å². The Kier molecular flexibility index (Phi) is 5.31. The van der Waals surface area contributed by atoms with Crippen molar-refractivity contribution in [3.05, 3.63) is 29.4 Å². The van der Waals surface area contributed by atoms with Crippen molar-refractivity contribution in [2.24, 2.45) is 11.1 Å². The van der Waals surface area contributed by atoms with Crippen molar-refractivity contribution in [2.75, 3.05) is 32.2 Å². The molecule has 8 heteroatoms. The number of aromatic nitrogens is 1. The Balaban J connectivity index is 1.75. The number of nitrogens with two attached hydrogens (primary N) is 1. The highest BCUT2D eigenvalue weighted by Gasteiger charge is 2.39. The van der Waals surface area contributed by atoms with Crippen molar-refractivity contribution >= 4 is 22.4 Å². The number of carbonyl (C=O) groups is 1. The smallest absolute Gasteiger partial charge is 0.233 e. The molecule has 0 radical (unpaired) electrons. The molecule has 1 aromatic carbocycles. The van der Waals surface area contributed by atoms with Gasteiger partial charge < -0.3 is 20.5 Å². The highest BCUT2D eigenvalue weighted by atomic mass is 32.1. The Morgan fingerprint density at radius 3 is 2.88 bits per heavy atom. The average molecular weight is 365 g/mol. The number of anilines is 1. The van der Waals surface area contributed by atoms with Crippen LogP contribution in [0.25, 0.3) is 11.3 Å². The van der Waals surface area contributed by atoms with E-state index in [1.807, 2.05) is 0 Å². The third-order valence-corrected chi connectivity index (χ3v) is 5.25. The van der Waals surface area contributed by atoms with Crippen molar-refractivity contribution in [1.29, 1.82) is 0 Å². The van der Waals surface area contributed by atoms with Gasteiger partial charge in [-0.3, -0.25) is 4.79 Å². The van der Waals surface area contributed by atoms with Crippen molar-refractivity contribution < 1.29 is 18.7 Å². The molecule has 2 aromatic rings. The van der Waals surface area contributed by atoms with Crippen LogP contribution in [0.2, 0.25) is 0 Å². The maximum absolute atomic E-state index is 13.8. The fraction of sp³-hybridized carbons (Fsp3) is 0.412. The van der Waals surface area contributed by atoms with E-state index in [1.165, 1.54) is 24.5 Å². The van der Waals surface area contributed by atoms with Crippen LogP contribution in [-0.4, -0.2) is 37.8 Å². The number of rotatable bonds is 5. The van der Waals surface area contributed by atoms with Gasteiger partial charge in [0.05, 0.1) is 18.2 Å². The first-order chi connectivity index (χ1) is 12.1. The molecule has 3 rings (SSSR count). The maximum atomic E-state index is 13.8. The summed E-state index contributed by atoms with van der Waals surface area (Å²) in [4.78, 5) is 17.0. The Hall–Kier alpha value is -2.03. The fourth-order valence-electron chi connectivity index (χ4n) is 2.81. The zero-order valence-corrected chi connectivity index (χ0v) is 14.7. The minimum atomic E-state index is -0.615. The number of carbonyl (C=O) groups excluding carboxylic acids is 1. The van der Waals surface area contributed by atoms with E-state index in [2.05, 4.69) is 10.3 Å². The molecule has 1 aliphatic heterocycles. The number of amides is 1. The summed E-state index contributed by atoms with van der Waals surface area (Å²) < 4.78 is 24.1. The number of ether oxygens (including phenoxy) is 2. The van der Waals surface area contributed by atoms with Crippen LogP contribution in [0.1, 0.15) is 12.8 Å². The summed E-state index contributed by atoms with van der Waals surface area (Å²) in [6.07, 6.45) is 1.19. The maximum Gasteiger partial charge on any atom is 0.233 e. The molecule has 1 amide bonds. The zero-order chi connectivity index (χ0) is 17.9. The molecule has 1 fully saturated rings. The lowest BCUT2D eigenvalue weighted by Crippen LogP contribution is -2.46. The topological polar surface area (TPSA) is 86.5 Å². The Labute approximate surface area is 149 Å². The largest absolute Gasteiger partial charge is 0.494 e. The van der Waals surface area contributed by atoms with Crippen molar-refractivity contribution in [3.63, 3.8) is 0 Å². The Morgan fingerprint density at radius 1 is 1.48 bits per heavy atom. The van der Waals surface area contributed by atoms with Gasteiger partial charge in [0.25, 0.3) is 0 Å². The van der Waals surface area contributed by atoms with Crippen LogP contribution in [-0.2, 0) is 9.53 Å². The molecule has 2 heterocycles. The number of methoxy groups -OCH3 is 1. The van der Waals surface area contributed by atoms with Crippen LogP contribution in [0, 0.1) is 11.2 Å². The van der Waals surface area contributed by atoms with Crippen LogP contribution in [0.5, 0.6) is 5.75 Å². The second-order valence-corrected chi connectivity index (χ2v) is 6.80. The van der Waals surface area contributed by atoms with E-state index in [0.29, 0.717) is 42.4 Å². The molecule has 6 nitrogen and oxygen atoms in total. The van der Waals surface area contributed by atoms with Gasteiger partial charge in [0, 0.05) is 30.7 Å². The first-order valence-electron chi connectivity index (χ1n) is 7.97. The Bertz CT molecular complexity index is 759. The molecule has 134 valence electrons. The predicted molar refractivity (Wildman–Crippen MR) is 94.2 cm³/mol. The molecule has 3 N–H and O–H groups in total. The van der Waals surface area contributed by atoms with Gasteiger partial charge in [-0.1, -0.05) is 0 Å². The van der Waals surface area contributed by atoms with Gasteiger partial charge in [0.1, 0.15) is 0 Å². The molecular weight excluding hydrogens is 345 g/mol. The van der Waals surface area contributed by atoms with E-state index in [1.54, 1.807) is 17.5 Å². The summed E-state index contributed by atoms with van der Waals surface area (Å²) >= 11 is 1.29. The molecule has 25 heavy (non-hydrogen) atoms. The van der Waals surface area contributed by atoms with Crippen molar-refractivity contribution in [3.8, 4) is 17.0 Å². The van der Waals surface area contributed by atoms with E-state index in [0.717, 1.165) is 0 Å². The first-order valence-corrected chi connectivity index (χ1v) is 8.85.